The van der Waals surface area contributed by atoms with Gasteiger partial charge in [0.2, 0.25) is 0 Å². The number of nitrogens with zero attached hydrogens (tertiary/aromatic N) is 3. The molecule has 86 valence electrons. The Hall–Kier alpha value is -0.940. The smallest absolute Gasteiger partial charge is 0.0738 e. The van der Waals surface area contributed by atoms with E-state index < -0.39 is 0 Å². The molecule has 0 aliphatic rings. The van der Waals surface area contributed by atoms with Gasteiger partial charge in [0, 0.05) is 19.1 Å². The summed E-state index contributed by atoms with van der Waals surface area (Å²) in [6.07, 6.45) is 3.55. The van der Waals surface area contributed by atoms with E-state index >= 15 is 0 Å². The number of hydrogen-bond acceptors (Lipinski definition) is 4. The van der Waals surface area contributed by atoms with Crippen molar-refractivity contribution in [1.29, 1.82) is 0 Å². The highest BCUT2D eigenvalue weighted by atomic mass is 16.3. The zero-order chi connectivity index (χ0) is 11.3. The highest BCUT2D eigenvalue weighted by molar-refractivity contribution is 4.95. The first kappa shape index (κ1) is 12.1. The van der Waals surface area contributed by atoms with Gasteiger partial charge in [-0.2, -0.15) is 0 Å². The van der Waals surface area contributed by atoms with Crippen LogP contribution < -0.4 is 5.32 Å². The first-order valence-electron chi connectivity index (χ1n) is 5.37. The lowest BCUT2D eigenvalue weighted by Crippen LogP contribution is -2.47. The van der Waals surface area contributed by atoms with Gasteiger partial charge in [-0.3, -0.25) is 4.68 Å². The van der Waals surface area contributed by atoms with Crippen molar-refractivity contribution < 1.29 is 5.11 Å². The summed E-state index contributed by atoms with van der Waals surface area (Å²) in [6, 6.07) is 0. The molecule has 1 aromatic heterocycles. The van der Waals surface area contributed by atoms with Crippen LogP contribution in [0.3, 0.4) is 0 Å². The summed E-state index contributed by atoms with van der Waals surface area (Å²) in [7, 11) is 1.86. The number of rotatable bonds is 6. The topological polar surface area (TPSA) is 63.0 Å². The van der Waals surface area contributed by atoms with E-state index in [0.29, 0.717) is 6.54 Å². The second-order valence-corrected chi connectivity index (χ2v) is 3.85. The largest absolute Gasteiger partial charge is 0.394 e. The molecule has 1 heterocycles. The molecule has 0 aliphatic carbocycles. The Bertz CT molecular complexity index is 285. The third kappa shape index (κ3) is 2.76. The average Bonchev–Trinajstić information content (AvgIpc) is 2.67. The minimum absolute atomic E-state index is 0.158. The van der Waals surface area contributed by atoms with Gasteiger partial charge in [-0.05, 0) is 12.8 Å². The average molecular weight is 212 g/mol. The van der Waals surface area contributed by atoms with Crippen molar-refractivity contribution in [1.82, 2.24) is 20.3 Å². The Labute approximate surface area is 90.5 Å². The van der Waals surface area contributed by atoms with E-state index in [0.717, 1.165) is 18.5 Å². The lowest BCUT2D eigenvalue weighted by atomic mass is 9.94. The second-order valence-electron chi connectivity index (χ2n) is 3.85. The highest BCUT2D eigenvalue weighted by Crippen LogP contribution is 2.14. The number of nitrogens with one attached hydrogen (secondary N) is 1. The molecule has 0 fully saturated rings. The Morgan fingerprint density at radius 3 is 2.53 bits per heavy atom. The van der Waals surface area contributed by atoms with E-state index in [2.05, 4.69) is 29.5 Å². The molecule has 0 saturated carbocycles. The molecular weight excluding hydrogens is 192 g/mol. The molecular formula is C10H20N4O. The molecule has 0 aliphatic heterocycles. The molecule has 0 aromatic carbocycles. The van der Waals surface area contributed by atoms with Crippen LogP contribution in [0.25, 0.3) is 0 Å². The van der Waals surface area contributed by atoms with Crippen LogP contribution in [0.2, 0.25) is 0 Å². The van der Waals surface area contributed by atoms with Crippen LogP contribution in [0.1, 0.15) is 32.4 Å². The molecule has 1 rings (SSSR count). The first-order valence-corrected chi connectivity index (χ1v) is 5.37. The summed E-state index contributed by atoms with van der Waals surface area (Å²) in [4.78, 5) is 0. The van der Waals surface area contributed by atoms with Crippen molar-refractivity contribution in [2.45, 2.75) is 38.8 Å². The molecule has 2 N–H and O–H groups in total. The normalized spacial score (nSPS) is 12.0. The lowest BCUT2D eigenvalue weighted by Gasteiger charge is -2.30. The van der Waals surface area contributed by atoms with Gasteiger partial charge in [0.15, 0.2) is 0 Å². The van der Waals surface area contributed by atoms with Crippen LogP contribution in [-0.2, 0) is 13.6 Å². The number of aliphatic hydroxyl groups excluding tert-OH is 1. The summed E-state index contributed by atoms with van der Waals surface area (Å²) in [5, 5.41) is 20.4. The maximum absolute atomic E-state index is 9.37. The molecule has 0 saturated heterocycles. The van der Waals surface area contributed by atoms with Crippen LogP contribution >= 0.6 is 0 Å². The number of aryl methyl sites for hydroxylation is 1. The predicted molar refractivity (Wildman–Crippen MR) is 58.2 cm³/mol. The molecule has 0 amide bonds. The summed E-state index contributed by atoms with van der Waals surface area (Å²) >= 11 is 0. The van der Waals surface area contributed by atoms with Gasteiger partial charge in [-0.1, -0.05) is 19.1 Å². The number of aromatic nitrogens is 3. The fourth-order valence-corrected chi connectivity index (χ4v) is 1.53. The minimum atomic E-state index is -0.176. The summed E-state index contributed by atoms with van der Waals surface area (Å²) in [6.45, 7) is 5.00. The summed E-state index contributed by atoms with van der Waals surface area (Å²) in [5.74, 6) is 0. The van der Waals surface area contributed by atoms with Crippen molar-refractivity contribution in [2.24, 2.45) is 7.05 Å². The van der Waals surface area contributed by atoms with Crippen molar-refractivity contribution >= 4 is 0 Å². The Morgan fingerprint density at radius 1 is 1.47 bits per heavy atom. The van der Waals surface area contributed by atoms with Gasteiger partial charge >= 0.3 is 0 Å². The highest BCUT2D eigenvalue weighted by Gasteiger charge is 2.24. The fraction of sp³-hybridized carbons (Fsp3) is 0.800. The van der Waals surface area contributed by atoms with Gasteiger partial charge < -0.3 is 10.4 Å². The zero-order valence-electron chi connectivity index (χ0n) is 9.69. The number of hydrogen-bond donors (Lipinski definition) is 2. The zero-order valence-corrected chi connectivity index (χ0v) is 9.69. The first-order chi connectivity index (χ1) is 7.17. The van der Waals surface area contributed by atoms with Gasteiger partial charge in [0.1, 0.15) is 0 Å². The summed E-state index contributed by atoms with van der Waals surface area (Å²) in [5.41, 5.74) is 0.847. The second kappa shape index (κ2) is 5.23. The third-order valence-corrected chi connectivity index (χ3v) is 3.11. The molecule has 5 heteroatoms. The van der Waals surface area contributed by atoms with Crippen molar-refractivity contribution in [3.63, 3.8) is 0 Å². The monoisotopic (exact) mass is 212 g/mol. The van der Waals surface area contributed by atoms with Crippen LogP contribution in [-0.4, -0.2) is 32.2 Å². The SMILES string of the molecule is CCC(CC)(CO)NCc1cnnn1C. The van der Waals surface area contributed by atoms with Crippen molar-refractivity contribution in [2.75, 3.05) is 6.61 Å². The molecule has 0 unspecified atom stereocenters. The fourth-order valence-electron chi connectivity index (χ4n) is 1.53. The number of aliphatic hydroxyl groups is 1. The standard InChI is InChI=1S/C10H20N4O/c1-4-10(5-2,8-15)11-6-9-7-12-13-14(9)3/h7,11,15H,4-6,8H2,1-3H3. The van der Waals surface area contributed by atoms with Crippen LogP contribution in [0.5, 0.6) is 0 Å². The Balaban J connectivity index is 2.58. The van der Waals surface area contributed by atoms with E-state index in [-0.39, 0.29) is 12.1 Å². The Kier molecular flexibility index (Phi) is 4.23. The predicted octanol–water partition coefficient (Wildman–Crippen LogP) is 0.456. The van der Waals surface area contributed by atoms with Gasteiger partial charge in [0.05, 0.1) is 18.5 Å². The van der Waals surface area contributed by atoms with Crippen molar-refractivity contribution in [3.05, 3.63) is 11.9 Å². The van der Waals surface area contributed by atoms with Gasteiger partial charge in [0.25, 0.3) is 0 Å². The third-order valence-electron chi connectivity index (χ3n) is 3.11. The van der Waals surface area contributed by atoms with Crippen LogP contribution in [0, 0.1) is 0 Å². The molecule has 0 radical (unpaired) electrons. The molecule has 5 nitrogen and oxygen atoms in total. The molecule has 15 heavy (non-hydrogen) atoms. The molecule has 0 spiro atoms. The van der Waals surface area contributed by atoms with Gasteiger partial charge in [-0.15, -0.1) is 5.10 Å². The molecule has 0 bridgehead atoms. The van der Waals surface area contributed by atoms with E-state index in [1.807, 2.05) is 7.05 Å². The maximum atomic E-state index is 9.37. The van der Waals surface area contributed by atoms with Crippen molar-refractivity contribution in [3.8, 4) is 0 Å². The molecule has 0 atom stereocenters. The summed E-state index contributed by atoms with van der Waals surface area (Å²) < 4.78 is 1.74. The van der Waals surface area contributed by atoms with Crippen LogP contribution in [0.4, 0.5) is 0 Å². The van der Waals surface area contributed by atoms with E-state index in [4.69, 9.17) is 0 Å². The minimum Gasteiger partial charge on any atom is -0.394 e. The van der Waals surface area contributed by atoms with E-state index in [1.54, 1.807) is 10.9 Å². The lowest BCUT2D eigenvalue weighted by molar-refractivity contribution is 0.148. The van der Waals surface area contributed by atoms with Crippen LogP contribution in [0.15, 0.2) is 6.20 Å². The quantitative estimate of drug-likeness (QED) is 0.719. The maximum Gasteiger partial charge on any atom is 0.0738 e. The van der Waals surface area contributed by atoms with E-state index in [9.17, 15) is 5.11 Å². The van der Waals surface area contributed by atoms with E-state index in [1.165, 1.54) is 0 Å². The Morgan fingerprint density at radius 2 is 2.13 bits per heavy atom. The van der Waals surface area contributed by atoms with Gasteiger partial charge in [-0.25, -0.2) is 0 Å². The molecule has 1 aromatic rings.